The zero-order valence-corrected chi connectivity index (χ0v) is 16.1. The number of methoxy groups -OCH3 is 2. The first-order chi connectivity index (χ1) is 12.6. The highest BCUT2D eigenvalue weighted by Gasteiger charge is 2.23. The molecule has 144 valence electrons. The van der Waals surface area contributed by atoms with E-state index in [4.69, 9.17) is 9.47 Å². The number of ether oxygens (including phenoxy) is 2. The Kier molecular flexibility index (Phi) is 7.75. The maximum absolute atomic E-state index is 12.5. The SMILES string of the molecule is CCCCC(=O)N1CCN(C(=O)CCc2ccc(OC)c(OC)c2)CC1. The molecule has 6 heteroatoms. The molecule has 2 amide bonds. The molecule has 1 heterocycles. The van der Waals surface area contributed by atoms with Crippen LogP contribution in [0, 0.1) is 0 Å². The second-order valence-electron chi connectivity index (χ2n) is 6.55. The molecule has 6 nitrogen and oxygen atoms in total. The number of nitrogens with zero attached hydrogens (tertiary/aromatic N) is 2. The van der Waals surface area contributed by atoms with Gasteiger partial charge in [0.1, 0.15) is 0 Å². The Morgan fingerprint density at radius 3 is 2.04 bits per heavy atom. The normalized spacial score (nSPS) is 14.3. The number of rotatable bonds is 8. The van der Waals surface area contributed by atoms with Crippen molar-refractivity contribution < 1.29 is 19.1 Å². The highest BCUT2D eigenvalue weighted by Crippen LogP contribution is 2.28. The first kappa shape index (κ1) is 20.1. The lowest BCUT2D eigenvalue weighted by molar-refractivity contribution is -0.139. The first-order valence-electron chi connectivity index (χ1n) is 9.35. The van der Waals surface area contributed by atoms with Crippen LogP contribution >= 0.6 is 0 Å². The molecule has 0 N–H and O–H groups in total. The minimum absolute atomic E-state index is 0.139. The van der Waals surface area contributed by atoms with E-state index in [9.17, 15) is 9.59 Å². The maximum atomic E-state index is 12.5. The van der Waals surface area contributed by atoms with E-state index in [2.05, 4.69) is 6.92 Å². The van der Waals surface area contributed by atoms with Crippen LogP contribution in [0.15, 0.2) is 18.2 Å². The standard InChI is InChI=1S/C20H30N2O4/c1-4-5-6-19(23)21-11-13-22(14-12-21)20(24)10-8-16-7-9-17(25-2)18(15-16)26-3/h7,9,15H,4-6,8,10-14H2,1-3H3. The van der Waals surface area contributed by atoms with Gasteiger partial charge in [-0.25, -0.2) is 0 Å². The molecule has 0 aromatic heterocycles. The molecular weight excluding hydrogens is 332 g/mol. The van der Waals surface area contributed by atoms with E-state index in [1.165, 1.54) is 0 Å². The molecule has 1 aliphatic heterocycles. The van der Waals surface area contributed by atoms with Crippen LogP contribution in [0.3, 0.4) is 0 Å². The zero-order chi connectivity index (χ0) is 18.9. The number of piperazine rings is 1. The number of hydrogen-bond donors (Lipinski definition) is 0. The van der Waals surface area contributed by atoms with Gasteiger partial charge in [-0.3, -0.25) is 9.59 Å². The second-order valence-corrected chi connectivity index (χ2v) is 6.55. The fourth-order valence-corrected chi connectivity index (χ4v) is 3.14. The molecule has 1 aromatic carbocycles. The molecule has 0 unspecified atom stereocenters. The first-order valence-corrected chi connectivity index (χ1v) is 9.35. The van der Waals surface area contributed by atoms with Gasteiger partial charge in [0.05, 0.1) is 14.2 Å². The van der Waals surface area contributed by atoms with Crippen LogP contribution < -0.4 is 9.47 Å². The summed E-state index contributed by atoms with van der Waals surface area (Å²) in [5.41, 5.74) is 1.05. The van der Waals surface area contributed by atoms with Crippen molar-refractivity contribution in [3.05, 3.63) is 23.8 Å². The number of unbranched alkanes of at least 4 members (excludes halogenated alkanes) is 1. The van der Waals surface area contributed by atoms with Gasteiger partial charge < -0.3 is 19.3 Å². The monoisotopic (exact) mass is 362 g/mol. The third kappa shape index (κ3) is 5.38. The van der Waals surface area contributed by atoms with Crippen molar-refractivity contribution >= 4 is 11.8 Å². The molecule has 26 heavy (non-hydrogen) atoms. The van der Waals surface area contributed by atoms with Gasteiger partial charge in [0.2, 0.25) is 11.8 Å². The average Bonchev–Trinajstić information content (AvgIpc) is 2.69. The number of benzene rings is 1. The Balaban J connectivity index is 1.80. The number of amides is 2. The Morgan fingerprint density at radius 2 is 1.50 bits per heavy atom. The van der Waals surface area contributed by atoms with Crippen LogP contribution in [0.4, 0.5) is 0 Å². The maximum Gasteiger partial charge on any atom is 0.223 e. The van der Waals surface area contributed by atoms with Crippen LogP contribution in [-0.2, 0) is 16.0 Å². The summed E-state index contributed by atoms with van der Waals surface area (Å²) in [6.45, 7) is 4.63. The third-order valence-corrected chi connectivity index (χ3v) is 4.80. The molecule has 0 radical (unpaired) electrons. The van der Waals surface area contributed by atoms with Crippen LogP contribution in [0.5, 0.6) is 11.5 Å². The molecule has 0 spiro atoms. The molecule has 0 saturated carbocycles. The number of carbonyl (C=O) groups is 2. The predicted octanol–water partition coefficient (Wildman–Crippen LogP) is 2.50. The average molecular weight is 362 g/mol. The summed E-state index contributed by atoms with van der Waals surface area (Å²) in [5.74, 6) is 1.72. The van der Waals surface area contributed by atoms with Crippen LogP contribution in [-0.4, -0.2) is 62.0 Å². The van der Waals surface area contributed by atoms with Crippen LogP contribution in [0.1, 0.15) is 38.2 Å². The fraction of sp³-hybridized carbons (Fsp3) is 0.600. The number of carbonyl (C=O) groups excluding carboxylic acids is 2. The van der Waals surface area contributed by atoms with E-state index < -0.39 is 0 Å². The highest BCUT2D eigenvalue weighted by molar-refractivity contribution is 5.78. The van der Waals surface area contributed by atoms with E-state index in [1.807, 2.05) is 28.0 Å². The smallest absolute Gasteiger partial charge is 0.223 e. The largest absolute Gasteiger partial charge is 0.493 e. The van der Waals surface area contributed by atoms with E-state index in [0.717, 1.165) is 18.4 Å². The molecule has 1 aliphatic rings. The van der Waals surface area contributed by atoms with E-state index in [1.54, 1.807) is 14.2 Å². The summed E-state index contributed by atoms with van der Waals surface area (Å²) in [6.07, 6.45) is 3.70. The Hall–Kier alpha value is -2.24. The molecule has 0 aliphatic carbocycles. The van der Waals surface area contributed by atoms with Crippen molar-refractivity contribution in [1.29, 1.82) is 0 Å². The Morgan fingerprint density at radius 1 is 0.923 bits per heavy atom. The van der Waals surface area contributed by atoms with Gasteiger partial charge in [0, 0.05) is 39.0 Å². The molecule has 1 aromatic rings. The lowest BCUT2D eigenvalue weighted by Gasteiger charge is -2.35. The quantitative estimate of drug-likeness (QED) is 0.713. The molecule has 1 fully saturated rings. The minimum atomic E-state index is 0.139. The van der Waals surface area contributed by atoms with Crippen molar-refractivity contribution in [2.75, 3.05) is 40.4 Å². The summed E-state index contributed by atoms with van der Waals surface area (Å²) in [7, 11) is 3.21. The predicted molar refractivity (Wildman–Crippen MR) is 101 cm³/mol. The van der Waals surface area contributed by atoms with Crippen molar-refractivity contribution in [2.45, 2.75) is 39.0 Å². The molecular formula is C20H30N2O4. The van der Waals surface area contributed by atoms with E-state index in [0.29, 0.717) is 56.9 Å². The molecule has 0 bridgehead atoms. The van der Waals surface area contributed by atoms with Crippen molar-refractivity contribution in [3.63, 3.8) is 0 Å². The molecule has 1 saturated heterocycles. The van der Waals surface area contributed by atoms with Crippen LogP contribution in [0.25, 0.3) is 0 Å². The third-order valence-electron chi connectivity index (χ3n) is 4.80. The van der Waals surface area contributed by atoms with Gasteiger partial charge >= 0.3 is 0 Å². The second kappa shape index (κ2) is 10.0. The Labute approximate surface area is 156 Å². The molecule has 2 rings (SSSR count). The van der Waals surface area contributed by atoms with Gasteiger partial charge in [0.25, 0.3) is 0 Å². The van der Waals surface area contributed by atoms with Gasteiger partial charge in [0.15, 0.2) is 11.5 Å². The Bertz CT molecular complexity index is 610. The van der Waals surface area contributed by atoms with Gasteiger partial charge in [-0.05, 0) is 30.5 Å². The summed E-state index contributed by atoms with van der Waals surface area (Å²) in [6, 6.07) is 5.73. The van der Waals surface area contributed by atoms with Gasteiger partial charge in [-0.2, -0.15) is 0 Å². The summed E-state index contributed by atoms with van der Waals surface area (Å²) in [5, 5.41) is 0. The number of hydrogen-bond acceptors (Lipinski definition) is 4. The van der Waals surface area contributed by atoms with Crippen molar-refractivity contribution in [3.8, 4) is 11.5 Å². The van der Waals surface area contributed by atoms with E-state index >= 15 is 0 Å². The summed E-state index contributed by atoms with van der Waals surface area (Å²) in [4.78, 5) is 28.3. The van der Waals surface area contributed by atoms with Crippen molar-refractivity contribution in [2.24, 2.45) is 0 Å². The fourth-order valence-electron chi connectivity index (χ4n) is 3.14. The highest BCUT2D eigenvalue weighted by atomic mass is 16.5. The summed E-state index contributed by atoms with van der Waals surface area (Å²) < 4.78 is 10.5. The van der Waals surface area contributed by atoms with Crippen LogP contribution in [0.2, 0.25) is 0 Å². The number of aryl methyl sites for hydroxylation is 1. The van der Waals surface area contributed by atoms with E-state index in [-0.39, 0.29) is 11.8 Å². The lowest BCUT2D eigenvalue weighted by Crippen LogP contribution is -2.50. The molecule has 0 atom stereocenters. The minimum Gasteiger partial charge on any atom is -0.493 e. The van der Waals surface area contributed by atoms with Gasteiger partial charge in [-0.15, -0.1) is 0 Å². The summed E-state index contributed by atoms with van der Waals surface area (Å²) >= 11 is 0. The van der Waals surface area contributed by atoms with Crippen molar-refractivity contribution in [1.82, 2.24) is 9.80 Å². The topological polar surface area (TPSA) is 59.1 Å². The van der Waals surface area contributed by atoms with Gasteiger partial charge in [-0.1, -0.05) is 19.4 Å². The lowest BCUT2D eigenvalue weighted by atomic mass is 10.1. The zero-order valence-electron chi connectivity index (χ0n) is 16.1.